The summed E-state index contributed by atoms with van der Waals surface area (Å²) in [6.45, 7) is 10.7. The van der Waals surface area contributed by atoms with E-state index in [9.17, 15) is 24.3 Å². The molecule has 0 aliphatic rings. The van der Waals surface area contributed by atoms with Gasteiger partial charge in [0.25, 0.3) is 0 Å². The molecule has 10 heteroatoms. The first-order chi connectivity index (χ1) is 17.4. The molecule has 0 saturated heterocycles. The highest BCUT2D eigenvalue weighted by atomic mass is 16.4. The molecule has 10 nitrogen and oxygen atoms in total. The monoisotopic (exact) mass is 515 g/mol. The zero-order valence-electron chi connectivity index (χ0n) is 22.5. The van der Waals surface area contributed by atoms with E-state index in [1.165, 1.54) is 0 Å². The highest BCUT2D eigenvalue weighted by Crippen LogP contribution is 2.19. The van der Waals surface area contributed by atoms with E-state index >= 15 is 0 Å². The molecule has 5 atom stereocenters. The molecule has 7 N–H and O–H groups in total. The van der Waals surface area contributed by atoms with Gasteiger partial charge in [-0.3, -0.25) is 14.4 Å². The minimum Gasteiger partial charge on any atom is -0.480 e. The lowest BCUT2D eigenvalue weighted by atomic mass is 9.96. The van der Waals surface area contributed by atoms with Gasteiger partial charge >= 0.3 is 5.97 Å². The predicted octanol–water partition coefficient (Wildman–Crippen LogP) is 1.93. The van der Waals surface area contributed by atoms with Crippen molar-refractivity contribution in [3.8, 4) is 0 Å². The minimum absolute atomic E-state index is 0.283. The molecule has 0 aliphatic carbocycles. The van der Waals surface area contributed by atoms with Crippen molar-refractivity contribution in [2.45, 2.75) is 78.6 Å². The topological polar surface area (TPSA) is 166 Å². The van der Waals surface area contributed by atoms with Crippen molar-refractivity contribution in [3.63, 3.8) is 0 Å². The molecular formula is C27H41N5O5. The number of carboxylic acid groups (broad SMARTS) is 1. The average Bonchev–Trinajstić information content (AvgIpc) is 3.25. The molecule has 1 aromatic heterocycles. The molecule has 0 radical (unpaired) electrons. The van der Waals surface area contributed by atoms with Crippen LogP contribution in [0.2, 0.25) is 0 Å². The zero-order valence-corrected chi connectivity index (χ0v) is 22.5. The van der Waals surface area contributed by atoms with Crippen LogP contribution >= 0.6 is 0 Å². The number of rotatable bonds is 13. The number of aromatic nitrogens is 1. The fraction of sp³-hybridized carbons (Fsp3) is 0.556. The molecule has 5 unspecified atom stereocenters. The second-order valence-electron chi connectivity index (χ2n) is 10.3. The van der Waals surface area contributed by atoms with Gasteiger partial charge in [0.15, 0.2) is 0 Å². The zero-order chi connectivity index (χ0) is 27.9. The summed E-state index contributed by atoms with van der Waals surface area (Å²) >= 11 is 0. The smallest absolute Gasteiger partial charge is 0.326 e. The Kier molecular flexibility index (Phi) is 10.7. The first-order valence-corrected chi connectivity index (χ1v) is 12.8. The summed E-state index contributed by atoms with van der Waals surface area (Å²) in [4.78, 5) is 53.9. The summed E-state index contributed by atoms with van der Waals surface area (Å²) in [5, 5.41) is 18.5. The van der Waals surface area contributed by atoms with Crippen LogP contribution in [0.5, 0.6) is 0 Å². The number of aliphatic carboxylic acids is 1. The maximum absolute atomic E-state index is 13.2. The van der Waals surface area contributed by atoms with Gasteiger partial charge in [-0.2, -0.15) is 0 Å². The highest BCUT2D eigenvalue weighted by Gasteiger charge is 2.34. The predicted molar refractivity (Wildman–Crippen MR) is 143 cm³/mol. The molecular weight excluding hydrogens is 474 g/mol. The van der Waals surface area contributed by atoms with Crippen LogP contribution in [0.3, 0.4) is 0 Å². The third-order valence-electron chi connectivity index (χ3n) is 6.72. The van der Waals surface area contributed by atoms with E-state index < -0.39 is 47.9 Å². The number of H-pyrrole nitrogens is 1. The summed E-state index contributed by atoms with van der Waals surface area (Å²) in [5.41, 5.74) is 8.04. The van der Waals surface area contributed by atoms with Crippen molar-refractivity contribution in [1.29, 1.82) is 0 Å². The van der Waals surface area contributed by atoms with Gasteiger partial charge in [-0.1, -0.05) is 66.2 Å². The number of aromatic amines is 1. The van der Waals surface area contributed by atoms with E-state index in [0.717, 1.165) is 16.5 Å². The second kappa shape index (κ2) is 13.2. The molecule has 0 spiro atoms. The number of hydrogen-bond acceptors (Lipinski definition) is 5. The summed E-state index contributed by atoms with van der Waals surface area (Å²) in [7, 11) is 0. The number of hydrogen-bond donors (Lipinski definition) is 6. The molecule has 2 aromatic rings. The van der Waals surface area contributed by atoms with Crippen LogP contribution in [0.25, 0.3) is 10.9 Å². The summed E-state index contributed by atoms with van der Waals surface area (Å²) in [6, 6.07) is 3.85. The van der Waals surface area contributed by atoms with E-state index in [1.807, 2.05) is 37.4 Å². The Morgan fingerprint density at radius 1 is 0.865 bits per heavy atom. The first kappa shape index (κ1) is 29.8. The number of fused-ring (bicyclic) bond motifs is 1. The second-order valence-corrected chi connectivity index (χ2v) is 10.3. The molecule has 37 heavy (non-hydrogen) atoms. The van der Waals surface area contributed by atoms with Crippen LogP contribution in [-0.2, 0) is 25.6 Å². The molecule has 0 saturated carbocycles. The van der Waals surface area contributed by atoms with E-state index in [4.69, 9.17) is 5.73 Å². The number of carbonyl (C=O) groups is 4. The molecule has 0 bridgehead atoms. The highest BCUT2D eigenvalue weighted by molar-refractivity contribution is 5.94. The van der Waals surface area contributed by atoms with Crippen molar-refractivity contribution < 1.29 is 24.3 Å². The number of benzene rings is 1. The Hall–Kier alpha value is -3.40. The van der Waals surface area contributed by atoms with Crippen molar-refractivity contribution in [1.82, 2.24) is 20.9 Å². The fourth-order valence-corrected chi connectivity index (χ4v) is 4.13. The normalized spacial score (nSPS) is 15.6. The molecule has 204 valence electrons. The lowest BCUT2D eigenvalue weighted by molar-refractivity contribution is -0.144. The van der Waals surface area contributed by atoms with Gasteiger partial charge in [-0.05, 0) is 35.8 Å². The molecule has 1 aromatic carbocycles. The Balaban J connectivity index is 2.09. The molecule has 3 amide bonds. The van der Waals surface area contributed by atoms with Gasteiger partial charge < -0.3 is 31.8 Å². The number of nitrogens with one attached hydrogen (secondary N) is 4. The molecule has 2 rings (SSSR count). The third-order valence-corrected chi connectivity index (χ3v) is 6.72. The number of nitrogens with two attached hydrogens (primary N) is 1. The Labute approximate surface area is 218 Å². The van der Waals surface area contributed by atoms with Crippen LogP contribution in [0, 0.1) is 17.8 Å². The van der Waals surface area contributed by atoms with Gasteiger partial charge in [0.2, 0.25) is 17.7 Å². The van der Waals surface area contributed by atoms with Gasteiger partial charge in [-0.25, -0.2) is 4.79 Å². The van der Waals surface area contributed by atoms with E-state index in [0.29, 0.717) is 6.42 Å². The molecule has 1 heterocycles. The van der Waals surface area contributed by atoms with Gasteiger partial charge in [0.05, 0.1) is 6.04 Å². The Morgan fingerprint density at radius 2 is 1.38 bits per heavy atom. The summed E-state index contributed by atoms with van der Waals surface area (Å²) < 4.78 is 0. The largest absolute Gasteiger partial charge is 0.480 e. The lowest BCUT2D eigenvalue weighted by Gasteiger charge is -2.29. The standard InChI is InChI=1S/C27H41N5O5/c1-7-16(6)23(27(36)37)32-26(35)22(15(4)5)31-25(34)21(14(2)3)30-24(33)19(28)12-17-13-29-20-11-9-8-10-18(17)20/h8-11,13-16,19,21-23,29H,7,12,28H2,1-6H3,(H,30,33)(H,31,34)(H,32,35)(H,36,37). The quantitative estimate of drug-likeness (QED) is 0.238. The maximum atomic E-state index is 13.2. The van der Waals surface area contributed by atoms with Crippen LogP contribution in [0.4, 0.5) is 0 Å². The number of carboxylic acids is 1. The van der Waals surface area contributed by atoms with Gasteiger partial charge in [0, 0.05) is 17.1 Å². The average molecular weight is 516 g/mol. The van der Waals surface area contributed by atoms with Crippen LogP contribution in [-0.4, -0.2) is 57.9 Å². The third kappa shape index (κ3) is 7.79. The maximum Gasteiger partial charge on any atom is 0.326 e. The molecule has 0 fully saturated rings. The Morgan fingerprint density at radius 3 is 1.89 bits per heavy atom. The lowest BCUT2D eigenvalue weighted by Crippen LogP contribution is -2.60. The van der Waals surface area contributed by atoms with Crippen molar-refractivity contribution in [2.75, 3.05) is 0 Å². The van der Waals surface area contributed by atoms with Gasteiger partial charge in [-0.15, -0.1) is 0 Å². The van der Waals surface area contributed by atoms with Crippen molar-refractivity contribution in [2.24, 2.45) is 23.5 Å². The van der Waals surface area contributed by atoms with E-state index in [1.54, 1.807) is 34.6 Å². The van der Waals surface area contributed by atoms with Crippen molar-refractivity contribution in [3.05, 3.63) is 36.0 Å². The minimum atomic E-state index is -1.13. The van der Waals surface area contributed by atoms with Crippen LogP contribution in [0.1, 0.15) is 53.5 Å². The SMILES string of the molecule is CCC(C)C(NC(=O)C(NC(=O)C(NC(=O)C(N)Cc1c[nH]c2ccccc12)C(C)C)C(C)C)C(=O)O. The van der Waals surface area contributed by atoms with Crippen LogP contribution < -0.4 is 21.7 Å². The van der Waals surface area contributed by atoms with Crippen molar-refractivity contribution >= 4 is 34.6 Å². The van der Waals surface area contributed by atoms with E-state index in [2.05, 4.69) is 20.9 Å². The number of para-hydroxylation sites is 1. The van der Waals surface area contributed by atoms with Crippen LogP contribution in [0.15, 0.2) is 30.5 Å². The number of amides is 3. The fourth-order valence-electron chi connectivity index (χ4n) is 4.13. The van der Waals surface area contributed by atoms with E-state index in [-0.39, 0.29) is 24.2 Å². The Bertz CT molecular complexity index is 1100. The van der Waals surface area contributed by atoms with Gasteiger partial charge in [0.1, 0.15) is 18.1 Å². The first-order valence-electron chi connectivity index (χ1n) is 12.8. The summed E-state index contributed by atoms with van der Waals surface area (Å²) in [5.74, 6) is -3.62. The molecule has 0 aliphatic heterocycles. The number of carbonyl (C=O) groups excluding carboxylic acids is 3. The summed E-state index contributed by atoms with van der Waals surface area (Å²) in [6.07, 6.45) is 2.67.